The Morgan fingerprint density at radius 3 is 1.47 bits per heavy atom. The van der Waals surface area contributed by atoms with Crippen LogP contribution in [0.3, 0.4) is 0 Å². The van der Waals surface area contributed by atoms with Gasteiger partial charge in [0.15, 0.2) is 0 Å². The van der Waals surface area contributed by atoms with Gasteiger partial charge >= 0.3 is 0 Å². The van der Waals surface area contributed by atoms with Gasteiger partial charge < -0.3 is 9.05 Å². The minimum atomic E-state index is -1.18. The molecule has 2 unspecified atom stereocenters. The van der Waals surface area contributed by atoms with Crippen molar-refractivity contribution in [3.63, 3.8) is 0 Å². The van der Waals surface area contributed by atoms with Crippen molar-refractivity contribution < 1.29 is 9.05 Å². The summed E-state index contributed by atoms with van der Waals surface area (Å²) in [4.78, 5) is 0. The Bertz CT molecular complexity index is 404. The molecule has 4 nitrogen and oxygen atoms in total. The first-order chi connectivity index (χ1) is 14.4. The van der Waals surface area contributed by atoms with Crippen molar-refractivity contribution in [3.05, 3.63) is 0 Å². The molecular formula is C25H51N2O2P. The molecular weight excluding hydrogens is 391 g/mol. The maximum atomic E-state index is 9.11. The number of rotatable bonds is 21. The molecule has 0 N–H and O–H groups in total. The first-order valence-corrected chi connectivity index (χ1v) is 13.8. The monoisotopic (exact) mass is 442 g/mol. The maximum absolute atomic E-state index is 9.11. The molecule has 30 heavy (non-hydrogen) atoms. The molecule has 0 heterocycles. The molecule has 0 aromatic rings. The lowest BCUT2D eigenvalue weighted by molar-refractivity contribution is 0.158. The maximum Gasteiger partial charge on any atom is 0.260 e. The molecule has 0 aliphatic heterocycles. The van der Waals surface area contributed by atoms with Gasteiger partial charge in [-0.25, -0.2) is 4.67 Å². The highest BCUT2D eigenvalue weighted by atomic mass is 31.2. The zero-order chi connectivity index (χ0) is 22.6. The van der Waals surface area contributed by atoms with Crippen LogP contribution in [0.15, 0.2) is 0 Å². The van der Waals surface area contributed by atoms with E-state index >= 15 is 0 Å². The molecule has 178 valence electrons. The van der Waals surface area contributed by atoms with E-state index in [1.54, 1.807) is 6.92 Å². The van der Waals surface area contributed by atoms with E-state index in [9.17, 15) is 0 Å². The summed E-state index contributed by atoms with van der Waals surface area (Å²) in [5, 5.41) is 9.11. The molecule has 0 radical (unpaired) electrons. The van der Waals surface area contributed by atoms with Gasteiger partial charge in [0.2, 0.25) is 0 Å². The Labute approximate surface area is 190 Å². The van der Waals surface area contributed by atoms with Gasteiger partial charge in [0.25, 0.3) is 8.53 Å². The first kappa shape index (κ1) is 29.8. The summed E-state index contributed by atoms with van der Waals surface area (Å²) in [5.41, 5.74) is 0. The molecule has 0 fully saturated rings. The lowest BCUT2D eigenvalue weighted by Gasteiger charge is -2.36. The van der Waals surface area contributed by atoms with Crippen LogP contribution in [0.5, 0.6) is 0 Å². The topological polar surface area (TPSA) is 45.5 Å². The van der Waals surface area contributed by atoms with Crippen molar-refractivity contribution in [2.24, 2.45) is 0 Å². The second kappa shape index (κ2) is 20.7. The van der Waals surface area contributed by atoms with Crippen LogP contribution in [0.2, 0.25) is 0 Å². The van der Waals surface area contributed by atoms with Gasteiger partial charge in [0.1, 0.15) is 6.10 Å². The van der Waals surface area contributed by atoms with Crippen molar-refractivity contribution in [2.45, 2.75) is 150 Å². The third kappa shape index (κ3) is 16.5. The van der Waals surface area contributed by atoms with Crippen LogP contribution in [0.1, 0.15) is 131 Å². The zero-order valence-corrected chi connectivity index (χ0v) is 21.9. The zero-order valence-electron chi connectivity index (χ0n) is 21.0. The Kier molecular flexibility index (Phi) is 20.6. The highest BCUT2D eigenvalue weighted by molar-refractivity contribution is 7.44. The van der Waals surface area contributed by atoms with E-state index in [2.05, 4.69) is 45.4 Å². The van der Waals surface area contributed by atoms with Gasteiger partial charge in [-0.2, -0.15) is 5.26 Å². The summed E-state index contributed by atoms with van der Waals surface area (Å²) in [7, 11) is -1.18. The predicted molar refractivity (Wildman–Crippen MR) is 131 cm³/mol. The number of unbranched alkanes of at least 4 members (excludes halogenated alkanes) is 13. The van der Waals surface area contributed by atoms with E-state index in [1.165, 1.54) is 83.5 Å². The SMILES string of the molecule is CCCCCCCCCCCCCCCCOP(OC(C)C#N)N(C(C)C)C(C)C. The molecule has 0 aromatic heterocycles. The largest absolute Gasteiger partial charge is 0.322 e. The summed E-state index contributed by atoms with van der Waals surface area (Å²) in [6.45, 7) is 13.4. The highest BCUT2D eigenvalue weighted by Crippen LogP contribution is 2.47. The van der Waals surface area contributed by atoms with Crippen LogP contribution in [0.25, 0.3) is 0 Å². The number of nitriles is 1. The van der Waals surface area contributed by atoms with Crippen molar-refractivity contribution >= 4 is 8.53 Å². The van der Waals surface area contributed by atoms with E-state index in [0.29, 0.717) is 12.1 Å². The number of nitrogens with zero attached hydrogens (tertiary/aromatic N) is 2. The van der Waals surface area contributed by atoms with E-state index in [0.717, 1.165) is 13.0 Å². The third-order valence-corrected chi connectivity index (χ3v) is 7.58. The van der Waals surface area contributed by atoms with Crippen LogP contribution in [-0.4, -0.2) is 29.5 Å². The van der Waals surface area contributed by atoms with E-state index < -0.39 is 14.6 Å². The smallest absolute Gasteiger partial charge is 0.260 e. The second-order valence-electron chi connectivity index (χ2n) is 9.11. The Morgan fingerprint density at radius 1 is 0.700 bits per heavy atom. The molecule has 0 rings (SSSR count). The average Bonchev–Trinajstić information content (AvgIpc) is 2.70. The van der Waals surface area contributed by atoms with Gasteiger partial charge in [-0.1, -0.05) is 90.4 Å². The molecule has 2 atom stereocenters. The van der Waals surface area contributed by atoms with Gasteiger partial charge in [-0.05, 0) is 41.0 Å². The molecule has 0 saturated carbocycles. The fourth-order valence-electron chi connectivity index (χ4n) is 3.72. The van der Waals surface area contributed by atoms with Crippen LogP contribution in [0, 0.1) is 11.3 Å². The second-order valence-corrected chi connectivity index (χ2v) is 10.5. The molecule has 0 saturated heterocycles. The molecule has 0 aromatic carbocycles. The van der Waals surface area contributed by atoms with E-state index in [4.69, 9.17) is 14.3 Å². The molecule has 0 bridgehead atoms. The fraction of sp³-hybridized carbons (Fsp3) is 0.960. The van der Waals surface area contributed by atoms with E-state index in [1.807, 2.05) is 0 Å². The lowest BCUT2D eigenvalue weighted by Crippen LogP contribution is -2.34. The summed E-state index contributed by atoms with van der Waals surface area (Å²) < 4.78 is 14.3. The summed E-state index contributed by atoms with van der Waals surface area (Å²) in [6.07, 6.45) is 18.6. The summed E-state index contributed by atoms with van der Waals surface area (Å²) in [5.74, 6) is 0. The van der Waals surface area contributed by atoms with Crippen LogP contribution < -0.4 is 0 Å². The van der Waals surface area contributed by atoms with E-state index in [-0.39, 0.29) is 0 Å². The minimum Gasteiger partial charge on any atom is -0.322 e. The summed E-state index contributed by atoms with van der Waals surface area (Å²) in [6, 6.07) is 2.83. The number of hydrogen-bond donors (Lipinski definition) is 0. The van der Waals surface area contributed by atoms with Gasteiger partial charge in [-0.15, -0.1) is 0 Å². The number of hydrogen-bond acceptors (Lipinski definition) is 4. The normalized spacial score (nSPS) is 13.9. The molecule has 0 amide bonds. The standard InChI is InChI=1S/C25H51N2O2P/c1-7-8-9-10-11-12-13-14-15-16-17-18-19-20-21-28-30(29-25(6)22-26)27(23(2)3)24(4)5/h23-25H,7-21H2,1-6H3. The molecule has 0 aliphatic carbocycles. The van der Waals surface area contributed by atoms with Crippen molar-refractivity contribution in [2.75, 3.05) is 6.61 Å². The van der Waals surface area contributed by atoms with Crippen molar-refractivity contribution in [1.29, 1.82) is 5.26 Å². The average molecular weight is 443 g/mol. The quantitative estimate of drug-likeness (QED) is 0.132. The van der Waals surface area contributed by atoms with Gasteiger partial charge in [0.05, 0.1) is 12.7 Å². The van der Waals surface area contributed by atoms with Crippen LogP contribution in [0.4, 0.5) is 0 Å². The summed E-state index contributed by atoms with van der Waals surface area (Å²) >= 11 is 0. The Morgan fingerprint density at radius 2 is 1.10 bits per heavy atom. The minimum absolute atomic E-state index is 0.332. The highest BCUT2D eigenvalue weighted by Gasteiger charge is 2.28. The Hall–Kier alpha value is -0.200. The van der Waals surface area contributed by atoms with Crippen molar-refractivity contribution in [1.82, 2.24) is 4.67 Å². The van der Waals surface area contributed by atoms with Crippen LogP contribution >= 0.6 is 8.53 Å². The molecule has 0 spiro atoms. The van der Waals surface area contributed by atoms with Crippen molar-refractivity contribution in [3.8, 4) is 6.07 Å². The lowest BCUT2D eigenvalue weighted by atomic mass is 10.0. The van der Waals surface area contributed by atoms with Crippen LogP contribution in [-0.2, 0) is 9.05 Å². The third-order valence-electron chi connectivity index (χ3n) is 5.38. The fourth-order valence-corrected chi connectivity index (χ4v) is 5.38. The Balaban J connectivity index is 3.78. The molecule has 5 heteroatoms. The van der Waals surface area contributed by atoms with Gasteiger partial charge in [0, 0.05) is 12.1 Å². The predicted octanol–water partition coefficient (Wildman–Crippen LogP) is 8.76. The first-order valence-electron chi connectivity index (χ1n) is 12.7. The van der Waals surface area contributed by atoms with Gasteiger partial charge in [-0.3, -0.25) is 0 Å². The molecule has 0 aliphatic rings.